The Kier molecular flexibility index (Phi) is 5.51. The summed E-state index contributed by atoms with van der Waals surface area (Å²) in [5, 5.41) is 11.2. The van der Waals surface area contributed by atoms with Crippen LogP contribution in [0.1, 0.15) is 13.3 Å². The van der Waals surface area contributed by atoms with Crippen molar-refractivity contribution in [1.82, 2.24) is 5.32 Å². The molecule has 2 atom stereocenters. The summed E-state index contributed by atoms with van der Waals surface area (Å²) in [6, 6.07) is 7.83. The normalized spacial score (nSPS) is 13.6. The lowest BCUT2D eigenvalue weighted by Crippen LogP contribution is -2.40. The number of nitrogens with one attached hydrogen (secondary N) is 1. The standard InChI is InChI=1S/C12H15NO4S/c1-9(14)13-11(12(15)16)7-8-18(17)10-5-3-2-4-6-10/h2-6,11H,7-8H2,1H3,(H,13,14)(H,15,16)/t11-,18+/m0/s1. The van der Waals surface area contributed by atoms with Gasteiger partial charge in [0.05, 0.1) is 10.8 Å². The summed E-state index contributed by atoms with van der Waals surface area (Å²) in [6.45, 7) is 1.25. The van der Waals surface area contributed by atoms with Gasteiger partial charge in [-0.05, 0) is 18.6 Å². The topological polar surface area (TPSA) is 83.5 Å². The van der Waals surface area contributed by atoms with Gasteiger partial charge in [-0.1, -0.05) is 18.2 Å². The van der Waals surface area contributed by atoms with E-state index in [-0.39, 0.29) is 12.2 Å². The average molecular weight is 269 g/mol. The third-order valence-electron chi connectivity index (χ3n) is 2.27. The highest BCUT2D eigenvalue weighted by Crippen LogP contribution is 2.07. The van der Waals surface area contributed by atoms with E-state index in [0.717, 1.165) is 0 Å². The fraction of sp³-hybridized carbons (Fsp3) is 0.333. The second kappa shape index (κ2) is 6.90. The van der Waals surface area contributed by atoms with Crippen LogP contribution in [0.15, 0.2) is 35.2 Å². The first-order chi connectivity index (χ1) is 8.50. The molecule has 6 heteroatoms. The van der Waals surface area contributed by atoms with Crippen molar-refractivity contribution >= 4 is 22.7 Å². The van der Waals surface area contributed by atoms with Crippen LogP contribution in [0, 0.1) is 0 Å². The van der Waals surface area contributed by atoms with Gasteiger partial charge in [-0.25, -0.2) is 4.79 Å². The van der Waals surface area contributed by atoms with Crippen LogP contribution in [0.3, 0.4) is 0 Å². The number of carbonyl (C=O) groups is 2. The lowest BCUT2D eigenvalue weighted by Gasteiger charge is -2.12. The molecule has 0 heterocycles. The summed E-state index contributed by atoms with van der Waals surface area (Å²) in [4.78, 5) is 22.4. The van der Waals surface area contributed by atoms with Crippen LogP contribution in [0.2, 0.25) is 0 Å². The molecule has 0 radical (unpaired) electrons. The molecule has 18 heavy (non-hydrogen) atoms. The maximum atomic E-state index is 11.9. The molecule has 0 aliphatic carbocycles. The molecule has 0 unspecified atom stereocenters. The first kappa shape index (κ1) is 14.4. The molecule has 1 aromatic rings. The molecule has 98 valence electrons. The van der Waals surface area contributed by atoms with E-state index >= 15 is 0 Å². The molecule has 0 aliphatic rings. The quantitative estimate of drug-likeness (QED) is 0.799. The van der Waals surface area contributed by atoms with Crippen LogP contribution in [0.25, 0.3) is 0 Å². The second-order valence-electron chi connectivity index (χ2n) is 3.74. The molecule has 1 aromatic carbocycles. The van der Waals surface area contributed by atoms with Gasteiger partial charge in [-0.15, -0.1) is 0 Å². The number of aliphatic carboxylic acids is 1. The molecular formula is C12H15NO4S. The molecule has 1 rings (SSSR count). The molecule has 0 aliphatic heterocycles. The van der Waals surface area contributed by atoms with Crippen molar-refractivity contribution in [3.63, 3.8) is 0 Å². The lowest BCUT2D eigenvalue weighted by molar-refractivity contribution is -0.141. The van der Waals surface area contributed by atoms with Gasteiger partial charge >= 0.3 is 5.97 Å². The first-order valence-electron chi connectivity index (χ1n) is 5.44. The zero-order valence-corrected chi connectivity index (χ0v) is 10.8. The molecule has 1 amide bonds. The van der Waals surface area contributed by atoms with Gasteiger partial charge in [0.15, 0.2) is 0 Å². The predicted octanol–water partition coefficient (Wildman–Crippen LogP) is 0.774. The summed E-state index contributed by atoms with van der Waals surface area (Å²) >= 11 is 0. The number of benzene rings is 1. The van der Waals surface area contributed by atoms with E-state index in [1.807, 2.05) is 6.07 Å². The number of amides is 1. The van der Waals surface area contributed by atoms with Crippen LogP contribution in [-0.2, 0) is 20.4 Å². The minimum absolute atomic E-state index is 0.135. The highest BCUT2D eigenvalue weighted by molar-refractivity contribution is 7.85. The first-order valence-corrected chi connectivity index (χ1v) is 6.76. The van der Waals surface area contributed by atoms with Crippen molar-refractivity contribution < 1.29 is 18.9 Å². The Labute approximate surface area is 108 Å². The second-order valence-corrected chi connectivity index (χ2v) is 5.31. The monoisotopic (exact) mass is 269 g/mol. The SMILES string of the molecule is CC(=O)N[C@@H](CC[S@@](=O)c1ccccc1)C(=O)O. The Balaban J connectivity index is 2.55. The minimum Gasteiger partial charge on any atom is -0.480 e. The molecular weight excluding hydrogens is 254 g/mol. The highest BCUT2D eigenvalue weighted by atomic mass is 32.2. The van der Waals surface area contributed by atoms with Gasteiger partial charge in [-0.3, -0.25) is 9.00 Å². The number of carboxylic acid groups (broad SMARTS) is 1. The Hall–Kier alpha value is -1.69. The number of carbonyl (C=O) groups excluding carboxylic acids is 1. The van der Waals surface area contributed by atoms with Crippen LogP contribution in [0.5, 0.6) is 0 Å². The van der Waals surface area contributed by atoms with Crippen molar-refractivity contribution in [1.29, 1.82) is 0 Å². The predicted molar refractivity (Wildman–Crippen MR) is 67.6 cm³/mol. The molecule has 0 spiro atoms. The van der Waals surface area contributed by atoms with Crippen LogP contribution in [0.4, 0.5) is 0 Å². The number of hydrogen-bond donors (Lipinski definition) is 2. The summed E-state index contributed by atoms with van der Waals surface area (Å²) in [6.07, 6.45) is 0.135. The van der Waals surface area contributed by atoms with Crippen molar-refractivity contribution in [3.05, 3.63) is 30.3 Å². The summed E-state index contributed by atoms with van der Waals surface area (Å²) in [7, 11) is -1.25. The fourth-order valence-electron chi connectivity index (χ4n) is 1.42. The van der Waals surface area contributed by atoms with E-state index in [0.29, 0.717) is 4.90 Å². The molecule has 0 fully saturated rings. The lowest BCUT2D eigenvalue weighted by atomic mass is 10.2. The Morgan fingerprint density at radius 1 is 1.33 bits per heavy atom. The van der Waals surface area contributed by atoms with E-state index in [1.165, 1.54) is 6.92 Å². The highest BCUT2D eigenvalue weighted by Gasteiger charge is 2.19. The van der Waals surface area contributed by atoms with Gasteiger partial charge in [0.25, 0.3) is 0 Å². The maximum absolute atomic E-state index is 11.9. The third-order valence-corrected chi connectivity index (χ3v) is 3.68. The molecule has 0 saturated carbocycles. The van der Waals surface area contributed by atoms with E-state index < -0.39 is 28.7 Å². The third kappa shape index (κ3) is 4.67. The van der Waals surface area contributed by atoms with Crippen molar-refractivity contribution in [2.24, 2.45) is 0 Å². The Morgan fingerprint density at radius 3 is 2.44 bits per heavy atom. The van der Waals surface area contributed by atoms with Crippen LogP contribution in [-0.4, -0.2) is 33.0 Å². The molecule has 5 nitrogen and oxygen atoms in total. The van der Waals surface area contributed by atoms with Crippen molar-refractivity contribution in [2.75, 3.05) is 5.75 Å². The van der Waals surface area contributed by atoms with E-state index in [9.17, 15) is 13.8 Å². The largest absolute Gasteiger partial charge is 0.480 e. The van der Waals surface area contributed by atoms with Crippen LogP contribution < -0.4 is 5.32 Å². The van der Waals surface area contributed by atoms with E-state index in [1.54, 1.807) is 24.3 Å². The van der Waals surface area contributed by atoms with E-state index in [4.69, 9.17) is 5.11 Å². The Morgan fingerprint density at radius 2 is 1.94 bits per heavy atom. The molecule has 0 saturated heterocycles. The van der Waals surface area contributed by atoms with Crippen molar-refractivity contribution in [2.45, 2.75) is 24.3 Å². The van der Waals surface area contributed by atoms with Crippen molar-refractivity contribution in [3.8, 4) is 0 Å². The zero-order valence-electron chi connectivity index (χ0n) is 9.96. The van der Waals surface area contributed by atoms with Gasteiger partial charge in [-0.2, -0.15) is 0 Å². The number of hydrogen-bond acceptors (Lipinski definition) is 3. The number of rotatable bonds is 6. The Bertz CT molecular complexity index is 447. The molecule has 2 N–H and O–H groups in total. The molecule has 0 bridgehead atoms. The van der Waals surface area contributed by atoms with Crippen LogP contribution >= 0.6 is 0 Å². The van der Waals surface area contributed by atoms with Gasteiger partial charge in [0.2, 0.25) is 5.91 Å². The number of carboxylic acids is 1. The smallest absolute Gasteiger partial charge is 0.326 e. The van der Waals surface area contributed by atoms with Gasteiger partial charge in [0.1, 0.15) is 6.04 Å². The fourth-order valence-corrected chi connectivity index (χ4v) is 2.56. The average Bonchev–Trinajstić information content (AvgIpc) is 2.34. The minimum atomic E-state index is -1.25. The van der Waals surface area contributed by atoms with Gasteiger partial charge in [0, 0.05) is 17.6 Å². The van der Waals surface area contributed by atoms with Gasteiger partial charge < -0.3 is 10.4 Å². The summed E-state index contributed by atoms with van der Waals surface area (Å²) in [5.41, 5.74) is 0. The summed E-state index contributed by atoms with van der Waals surface area (Å²) in [5.74, 6) is -1.33. The zero-order chi connectivity index (χ0) is 13.5. The maximum Gasteiger partial charge on any atom is 0.326 e. The molecule has 0 aromatic heterocycles. The summed E-state index contributed by atoms with van der Waals surface area (Å²) < 4.78 is 11.9. The van der Waals surface area contributed by atoms with E-state index in [2.05, 4.69) is 5.32 Å².